The highest BCUT2D eigenvalue weighted by Crippen LogP contribution is 2.64. The van der Waals surface area contributed by atoms with Crippen LogP contribution in [-0.2, 0) is 42.8 Å². The number of rotatable bonds is 9. The Kier molecular flexibility index (Phi) is 11.5. The van der Waals surface area contributed by atoms with E-state index in [1.54, 1.807) is 110 Å². The molecule has 13 nitrogen and oxygen atoms in total. The molecule has 10 atom stereocenters. The van der Waals surface area contributed by atoms with Crippen molar-refractivity contribution in [2.75, 3.05) is 13.7 Å². The smallest absolute Gasteiger partial charge is 0.408 e. The molecular weight excluding hydrogens is 746 g/mol. The molecule has 0 unspecified atom stereocenters. The number of aliphatic hydroxyl groups is 1. The van der Waals surface area contributed by atoms with Crippen molar-refractivity contribution in [1.82, 2.24) is 5.32 Å². The van der Waals surface area contributed by atoms with E-state index in [1.807, 2.05) is 6.07 Å². The maximum atomic E-state index is 15.1. The second-order valence-electron chi connectivity index (χ2n) is 18.0. The van der Waals surface area contributed by atoms with Crippen LogP contribution in [0.5, 0.6) is 0 Å². The van der Waals surface area contributed by atoms with Gasteiger partial charge in [0.1, 0.15) is 35.3 Å². The summed E-state index contributed by atoms with van der Waals surface area (Å²) < 4.78 is 36.6. The van der Waals surface area contributed by atoms with Crippen LogP contribution in [0.3, 0.4) is 0 Å². The number of hydrogen-bond acceptors (Lipinski definition) is 12. The first kappa shape index (κ1) is 43.0. The zero-order valence-corrected chi connectivity index (χ0v) is 35.1. The van der Waals surface area contributed by atoms with Crippen LogP contribution < -0.4 is 5.32 Å². The van der Waals surface area contributed by atoms with E-state index in [9.17, 15) is 24.3 Å². The molecule has 1 saturated heterocycles. The largest absolute Gasteiger partial charge is 0.457 e. The Hall–Kier alpha value is -4.59. The third-order valence-corrected chi connectivity index (χ3v) is 13.2. The first-order valence-electron chi connectivity index (χ1n) is 19.9. The van der Waals surface area contributed by atoms with Crippen LogP contribution in [0.2, 0.25) is 0 Å². The maximum Gasteiger partial charge on any atom is 0.408 e. The molecule has 0 radical (unpaired) electrons. The number of carbonyl (C=O) groups excluding carboxylic acids is 5. The predicted molar refractivity (Wildman–Crippen MR) is 210 cm³/mol. The van der Waals surface area contributed by atoms with Crippen molar-refractivity contribution in [3.05, 3.63) is 82.9 Å². The number of amides is 1. The summed E-state index contributed by atoms with van der Waals surface area (Å²) in [5.41, 5.74) is -5.11. The molecule has 6 rings (SSSR count). The summed E-state index contributed by atoms with van der Waals surface area (Å²) in [4.78, 5) is 69.8. The van der Waals surface area contributed by atoms with E-state index in [-0.39, 0.29) is 37.2 Å². The third kappa shape index (κ3) is 7.34. The first-order valence-corrected chi connectivity index (χ1v) is 19.9. The average molecular weight is 804 g/mol. The summed E-state index contributed by atoms with van der Waals surface area (Å²) in [7, 11) is 1.49. The molecule has 2 N–H and O–H groups in total. The molecule has 0 aromatic heterocycles. The summed E-state index contributed by atoms with van der Waals surface area (Å²) in [5, 5.41) is 16.4. The lowest BCUT2D eigenvalue weighted by Crippen LogP contribution is -2.81. The summed E-state index contributed by atoms with van der Waals surface area (Å²) in [6.45, 7) is 15.1. The lowest BCUT2D eigenvalue weighted by Gasteiger charge is -2.67. The zero-order chi connectivity index (χ0) is 42.6. The van der Waals surface area contributed by atoms with Gasteiger partial charge in [0, 0.05) is 38.7 Å². The van der Waals surface area contributed by atoms with E-state index in [4.69, 9.17) is 28.4 Å². The molecule has 58 heavy (non-hydrogen) atoms. The number of ketones is 1. The van der Waals surface area contributed by atoms with Crippen LogP contribution in [0.15, 0.2) is 71.8 Å². The minimum atomic E-state index is -2.04. The summed E-state index contributed by atoms with van der Waals surface area (Å²) in [6, 6.07) is 16.4. The summed E-state index contributed by atoms with van der Waals surface area (Å²) in [6.07, 6.45) is -5.07. The molecule has 2 aromatic rings. The number of benzene rings is 2. The molecule has 13 heteroatoms. The molecular formula is C45H57NO12. The number of ether oxygens (including phenoxy) is 6. The Morgan fingerprint density at radius 1 is 0.966 bits per heavy atom. The van der Waals surface area contributed by atoms with Gasteiger partial charge in [-0.1, -0.05) is 68.0 Å². The molecule has 2 saturated carbocycles. The van der Waals surface area contributed by atoms with Gasteiger partial charge in [0.15, 0.2) is 5.60 Å². The standard InChI is InChI=1S/C45H57NO12/c1-25-30-21-32(48)43(9)33(53-10)22-34-44(24-54-34,57-27(3)47)36(43)37(56-39(50)29-19-15-12-16-20-29)45(52,42(30,7)8)23-31(25)55-38(49)26(2)35(28-17-13-11-14-18-28)46-40(51)58-41(4,5)6/h11-20,26,31,33-37,52H,21-24H2,1-10H3,(H,46,51)/t26-,31+,33+,34-,35-,36+,37+,43-,44+,45-/m1/s1. The van der Waals surface area contributed by atoms with Crippen molar-refractivity contribution in [1.29, 1.82) is 0 Å². The lowest BCUT2D eigenvalue weighted by atomic mass is 9.45. The fourth-order valence-corrected chi connectivity index (χ4v) is 9.89. The summed E-state index contributed by atoms with van der Waals surface area (Å²) >= 11 is 0. The van der Waals surface area contributed by atoms with Crippen LogP contribution in [0.4, 0.5) is 4.79 Å². The van der Waals surface area contributed by atoms with Gasteiger partial charge >= 0.3 is 24.0 Å². The number of hydrogen-bond donors (Lipinski definition) is 2. The van der Waals surface area contributed by atoms with Crippen molar-refractivity contribution >= 4 is 29.8 Å². The SMILES string of the molecule is CO[C@H]1C[C@H]2OC[C@@]2(OC(C)=O)[C@H]2[C@H](OC(=O)c3ccccc3)[C@]3(O)C[C@H](OC(=O)[C@H](C)[C@@H](NC(=O)OC(C)(C)C)c4ccccc4)C(C)=C(CC(=O)[C@]12C)C3(C)C. The zero-order valence-electron chi connectivity index (χ0n) is 35.1. The normalized spacial score (nSPS) is 32.4. The second-order valence-corrected chi connectivity index (χ2v) is 18.0. The highest BCUT2D eigenvalue weighted by Gasteiger charge is 2.77. The van der Waals surface area contributed by atoms with Gasteiger partial charge in [-0.2, -0.15) is 0 Å². The number of esters is 3. The van der Waals surface area contributed by atoms with E-state index in [0.717, 1.165) is 0 Å². The molecule has 314 valence electrons. The highest BCUT2D eigenvalue weighted by atomic mass is 16.6. The highest BCUT2D eigenvalue weighted by molar-refractivity contribution is 5.91. The van der Waals surface area contributed by atoms with E-state index >= 15 is 4.79 Å². The van der Waals surface area contributed by atoms with E-state index in [1.165, 1.54) is 14.0 Å². The molecule has 0 spiro atoms. The predicted octanol–water partition coefficient (Wildman–Crippen LogP) is 6.22. The van der Waals surface area contributed by atoms with Crippen LogP contribution in [0.1, 0.15) is 104 Å². The number of methoxy groups -OCH3 is 1. The molecule has 3 fully saturated rings. The lowest BCUT2D eigenvalue weighted by molar-refractivity contribution is -0.346. The molecule has 4 aliphatic rings. The van der Waals surface area contributed by atoms with Crippen LogP contribution in [0.25, 0.3) is 0 Å². The first-order chi connectivity index (χ1) is 27.1. The Labute approximate surface area is 340 Å². The van der Waals surface area contributed by atoms with E-state index in [0.29, 0.717) is 16.7 Å². The van der Waals surface area contributed by atoms with Gasteiger partial charge in [-0.25, -0.2) is 9.59 Å². The maximum absolute atomic E-state index is 15.1. The van der Waals surface area contributed by atoms with Crippen LogP contribution >= 0.6 is 0 Å². The summed E-state index contributed by atoms with van der Waals surface area (Å²) in [5.74, 6) is -4.50. The van der Waals surface area contributed by atoms with Gasteiger partial charge in [-0.05, 0) is 64.8 Å². The number of alkyl carbamates (subject to hydrolysis) is 1. The Morgan fingerprint density at radius 2 is 1.59 bits per heavy atom. The van der Waals surface area contributed by atoms with E-state index < -0.39 is 93.9 Å². The minimum Gasteiger partial charge on any atom is -0.457 e. The fraction of sp³-hybridized carbons (Fsp3) is 0.578. The van der Waals surface area contributed by atoms with Gasteiger partial charge in [-0.3, -0.25) is 14.4 Å². The Bertz CT molecular complexity index is 1960. The number of nitrogens with one attached hydrogen (secondary N) is 1. The van der Waals surface area contributed by atoms with Crippen molar-refractivity contribution in [2.45, 2.75) is 129 Å². The molecule has 3 aliphatic carbocycles. The average Bonchev–Trinajstić information content (AvgIpc) is 3.15. The molecule has 2 aromatic carbocycles. The molecule has 1 heterocycles. The molecule has 2 bridgehead atoms. The monoisotopic (exact) mass is 803 g/mol. The van der Waals surface area contributed by atoms with Crippen LogP contribution in [-0.4, -0.2) is 89.8 Å². The van der Waals surface area contributed by atoms with Gasteiger partial charge in [0.2, 0.25) is 0 Å². The van der Waals surface area contributed by atoms with Gasteiger partial charge in [-0.15, -0.1) is 0 Å². The van der Waals surface area contributed by atoms with Crippen molar-refractivity contribution in [2.24, 2.45) is 22.7 Å². The quantitative estimate of drug-likeness (QED) is 0.167. The number of fused-ring (bicyclic) bond motifs is 5. The van der Waals surface area contributed by atoms with Crippen LogP contribution in [0, 0.1) is 22.7 Å². The van der Waals surface area contributed by atoms with E-state index in [2.05, 4.69) is 5.32 Å². The number of Topliss-reactive ketones (excluding diaryl/α,β-unsaturated/α-hetero) is 1. The van der Waals surface area contributed by atoms with Gasteiger partial charge < -0.3 is 38.8 Å². The molecule has 1 aliphatic heterocycles. The van der Waals surface area contributed by atoms with Gasteiger partial charge in [0.25, 0.3) is 0 Å². The van der Waals surface area contributed by atoms with Crippen molar-refractivity contribution in [3.8, 4) is 0 Å². The van der Waals surface area contributed by atoms with Crippen molar-refractivity contribution < 1.29 is 57.5 Å². The van der Waals surface area contributed by atoms with Crippen molar-refractivity contribution in [3.63, 3.8) is 0 Å². The second kappa shape index (κ2) is 15.5. The van der Waals surface area contributed by atoms with Gasteiger partial charge in [0.05, 0.1) is 41.6 Å². The Morgan fingerprint density at radius 3 is 2.14 bits per heavy atom. The molecule has 1 amide bonds. The Balaban J connectivity index is 1.47. The topological polar surface area (TPSA) is 173 Å². The fourth-order valence-electron chi connectivity index (χ4n) is 9.89. The number of carbonyl (C=O) groups is 5. The third-order valence-electron chi connectivity index (χ3n) is 13.2. The minimum absolute atomic E-state index is 0.111.